The predicted molar refractivity (Wildman–Crippen MR) is 69.0 cm³/mol. The third-order valence-electron chi connectivity index (χ3n) is 2.20. The Morgan fingerprint density at radius 3 is 2.58 bits per heavy atom. The number of carbonyl (C=O) groups is 2. The summed E-state index contributed by atoms with van der Waals surface area (Å²) in [6, 6.07) is 8.20. The normalized spacial score (nSPS) is 10.6. The number of nitrogens with one attached hydrogen (secondary N) is 1. The molecule has 0 bridgehead atoms. The van der Waals surface area contributed by atoms with Gasteiger partial charge in [0.05, 0.1) is 7.11 Å². The van der Waals surface area contributed by atoms with Crippen molar-refractivity contribution in [3.8, 4) is 11.8 Å². The summed E-state index contributed by atoms with van der Waals surface area (Å²) < 4.78 is 9.49. The molecule has 1 unspecified atom stereocenters. The third kappa shape index (κ3) is 5.13. The Labute approximate surface area is 111 Å². The Balaban J connectivity index is 2.48. The van der Waals surface area contributed by atoms with Gasteiger partial charge in [-0.15, -0.1) is 5.92 Å². The van der Waals surface area contributed by atoms with Crippen LogP contribution in [-0.2, 0) is 20.9 Å². The molecule has 0 fully saturated rings. The molecule has 0 saturated carbocycles. The molecule has 1 rings (SSSR count). The zero-order chi connectivity index (χ0) is 14.1. The van der Waals surface area contributed by atoms with Gasteiger partial charge >= 0.3 is 12.1 Å². The molecule has 0 aliphatic heterocycles. The number of benzene rings is 1. The van der Waals surface area contributed by atoms with Crippen LogP contribution in [-0.4, -0.2) is 25.2 Å². The van der Waals surface area contributed by atoms with Crippen molar-refractivity contribution in [3.63, 3.8) is 0 Å². The first-order valence-corrected chi connectivity index (χ1v) is 5.64. The van der Waals surface area contributed by atoms with E-state index >= 15 is 0 Å². The number of ether oxygens (including phenoxy) is 2. The number of hydrogen-bond acceptors (Lipinski definition) is 4. The fourth-order valence-corrected chi connectivity index (χ4v) is 1.30. The van der Waals surface area contributed by atoms with E-state index in [0.717, 1.165) is 5.56 Å². The molecule has 0 spiro atoms. The SMILES string of the molecule is CC#CC(NC(=O)OCc1ccccc1)C(=O)OC. The quantitative estimate of drug-likeness (QED) is 0.658. The molecule has 0 heterocycles. The van der Waals surface area contributed by atoms with E-state index in [2.05, 4.69) is 21.9 Å². The largest absolute Gasteiger partial charge is 0.467 e. The van der Waals surface area contributed by atoms with Gasteiger partial charge in [-0.25, -0.2) is 9.59 Å². The van der Waals surface area contributed by atoms with E-state index in [4.69, 9.17) is 4.74 Å². The summed E-state index contributed by atoms with van der Waals surface area (Å²) >= 11 is 0. The fraction of sp³-hybridized carbons (Fsp3) is 0.286. The minimum atomic E-state index is -1.02. The van der Waals surface area contributed by atoms with Gasteiger partial charge in [0.25, 0.3) is 0 Å². The lowest BCUT2D eigenvalue weighted by Gasteiger charge is -2.11. The lowest BCUT2D eigenvalue weighted by atomic mass is 10.2. The molecular formula is C14H15NO4. The van der Waals surface area contributed by atoms with Gasteiger partial charge in [0.1, 0.15) is 6.61 Å². The smallest absolute Gasteiger partial charge is 0.408 e. The van der Waals surface area contributed by atoms with E-state index in [1.165, 1.54) is 7.11 Å². The van der Waals surface area contributed by atoms with Crippen molar-refractivity contribution in [2.45, 2.75) is 19.6 Å². The average molecular weight is 261 g/mol. The average Bonchev–Trinajstić information content (AvgIpc) is 2.45. The molecule has 100 valence electrons. The van der Waals surface area contributed by atoms with Gasteiger partial charge in [-0.1, -0.05) is 36.3 Å². The predicted octanol–water partition coefficient (Wildman–Crippen LogP) is 1.48. The lowest BCUT2D eigenvalue weighted by Crippen LogP contribution is -2.40. The Morgan fingerprint density at radius 2 is 2.00 bits per heavy atom. The van der Waals surface area contributed by atoms with Crippen LogP contribution in [0.5, 0.6) is 0 Å². The highest BCUT2D eigenvalue weighted by molar-refractivity contribution is 5.84. The van der Waals surface area contributed by atoms with Crippen LogP contribution in [0.4, 0.5) is 4.79 Å². The summed E-state index contributed by atoms with van der Waals surface area (Å²) in [5.41, 5.74) is 0.855. The number of rotatable bonds is 4. The minimum Gasteiger partial charge on any atom is -0.467 e. The van der Waals surface area contributed by atoms with Gasteiger partial charge in [-0.3, -0.25) is 5.32 Å². The summed E-state index contributed by atoms with van der Waals surface area (Å²) in [7, 11) is 1.23. The van der Waals surface area contributed by atoms with Crippen LogP contribution in [0.25, 0.3) is 0 Å². The van der Waals surface area contributed by atoms with Crippen LogP contribution < -0.4 is 5.32 Å². The van der Waals surface area contributed by atoms with E-state index in [1.54, 1.807) is 6.92 Å². The summed E-state index contributed by atoms with van der Waals surface area (Å²) in [6.45, 7) is 1.69. The number of esters is 1. The van der Waals surface area contributed by atoms with Gasteiger partial charge in [0.2, 0.25) is 0 Å². The zero-order valence-electron chi connectivity index (χ0n) is 10.8. The second-order valence-electron chi connectivity index (χ2n) is 3.56. The molecule has 0 saturated heterocycles. The van der Waals surface area contributed by atoms with Gasteiger partial charge in [0, 0.05) is 0 Å². The summed E-state index contributed by atoms with van der Waals surface area (Å²) in [6.07, 6.45) is -0.720. The maximum absolute atomic E-state index is 11.5. The maximum Gasteiger partial charge on any atom is 0.408 e. The number of amides is 1. The molecule has 0 aromatic heterocycles. The molecule has 1 amide bonds. The van der Waals surface area contributed by atoms with Gasteiger partial charge < -0.3 is 9.47 Å². The maximum atomic E-state index is 11.5. The highest BCUT2D eigenvalue weighted by Crippen LogP contribution is 2.00. The van der Waals surface area contributed by atoms with Gasteiger partial charge in [-0.05, 0) is 12.5 Å². The van der Waals surface area contributed by atoms with Gasteiger partial charge in [-0.2, -0.15) is 0 Å². The highest BCUT2D eigenvalue weighted by atomic mass is 16.6. The Kier molecular flexibility index (Phi) is 5.96. The molecule has 19 heavy (non-hydrogen) atoms. The van der Waals surface area contributed by atoms with Crippen molar-refractivity contribution >= 4 is 12.1 Å². The fourth-order valence-electron chi connectivity index (χ4n) is 1.30. The van der Waals surface area contributed by atoms with Crippen LogP contribution in [0.3, 0.4) is 0 Å². The topological polar surface area (TPSA) is 64.6 Å². The van der Waals surface area contributed by atoms with Crippen molar-refractivity contribution in [2.75, 3.05) is 7.11 Å². The van der Waals surface area contributed by atoms with Gasteiger partial charge in [0.15, 0.2) is 6.04 Å². The molecule has 0 radical (unpaired) electrons. The van der Waals surface area contributed by atoms with Crippen LogP contribution in [0.15, 0.2) is 30.3 Å². The van der Waals surface area contributed by atoms with Crippen LogP contribution in [0, 0.1) is 11.8 Å². The molecule has 1 aromatic rings. The standard InChI is InChI=1S/C14H15NO4/c1-3-7-12(13(16)18-2)15-14(17)19-10-11-8-5-4-6-9-11/h4-6,8-9,12H,10H2,1-2H3,(H,15,17). The van der Waals surface area contributed by atoms with Crippen LogP contribution >= 0.6 is 0 Å². The van der Waals surface area contributed by atoms with E-state index in [0.29, 0.717) is 0 Å². The van der Waals surface area contributed by atoms with E-state index in [-0.39, 0.29) is 6.61 Å². The number of methoxy groups -OCH3 is 1. The molecule has 5 heteroatoms. The van der Waals surface area contributed by atoms with Crippen molar-refractivity contribution in [1.29, 1.82) is 0 Å². The van der Waals surface area contributed by atoms with E-state index < -0.39 is 18.1 Å². The zero-order valence-corrected chi connectivity index (χ0v) is 10.8. The Morgan fingerprint density at radius 1 is 1.32 bits per heavy atom. The first-order valence-electron chi connectivity index (χ1n) is 5.64. The highest BCUT2D eigenvalue weighted by Gasteiger charge is 2.19. The molecule has 0 aliphatic rings. The van der Waals surface area contributed by atoms with Crippen molar-refractivity contribution in [3.05, 3.63) is 35.9 Å². The second-order valence-corrected chi connectivity index (χ2v) is 3.56. The molecule has 1 aromatic carbocycles. The number of carbonyl (C=O) groups excluding carboxylic acids is 2. The van der Waals surface area contributed by atoms with Crippen molar-refractivity contribution in [1.82, 2.24) is 5.32 Å². The molecule has 0 aliphatic carbocycles. The third-order valence-corrected chi connectivity index (χ3v) is 2.20. The Hall–Kier alpha value is -2.48. The monoisotopic (exact) mass is 261 g/mol. The lowest BCUT2D eigenvalue weighted by molar-refractivity contribution is -0.141. The molecule has 1 N–H and O–H groups in total. The van der Waals surface area contributed by atoms with E-state index in [9.17, 15) is 9.59 Å². The summed E-state index contributed by atoms with van der Waals surface area (Å²) in [5, 5.41) is 2.33. The summed E-state index contributed by atoms with van der Waals surface area (Å²) in [4.78, 5) is 22.8. The molecule has 1 atom stereocenters. The van der Waals surface area contributed by atoms with Crippen LogP contribution in [0.2, 0.25) is 0 Å². The minimum absolute atomic E-state index is 0.125. The first-order chi connectivity index (χ1) is 9.17. The van der Waals surface area contributed by atoms with Crippen molar-refractivity contribution in [2.24, 2.45) is 0 Å². The summed E-state index contributed by atoms with van der Waals surface area (Å²) in [5.74, 6) is 4.43. The molecular weight excluding hydrogens is 246 g/mol. The van der Waals surface area contributed by atoms with Crippen molar-refractivity contribution < 1.29 is 19.1 Å². The molecule has 5 nitrogen and oxygen atoms in total. The first kappa shape index (κ1) is 14.6. The Bertz CT molecular complexity index is 487. The van der Waals surface area contributed by atoms with E-state index in [1.807, 2.05) is 30.3 Å². The number of alkyl carbamates (subject to hydrolysis) is 1. The number of hydrogen-bond donors (Lipinski definition) is 1. The second kappa shape index (κ2) is 7.77. The van der Waals surface area contributed by atoms with Crippen LogP contribution in [0.1, 0.15) is 12.5 Å².